The minimum Gasteiger partial charge on any atom is -0.481 e. The summed E-state index contributed by atoms with van der Waals surface area (Å²) < 4.78 is 0. The largest absolute Gasteiger partial charge is 0.481 e. The smallest absolute Gasteiger partial charge is 0.310 e. The Kier molecular flexibility index (Phi) is 4.99. The van der Waals surface area contributed by atoms with E-state index in [1.165, 1.54) is 0 Å². The number of carbonyl (C=O) groups excluding carboxylic acids is 1. The van der Waals surface area contributed by atoms with Gasteiger partial charge in [-0.05, 0) is 38.3 Å². The zero-order chi connectivity index (χ0) is 18.0. The maximum atomic E-state index is 13.0. The Morgan fingerprint density at radius 2 is 1.72 bits per heavy atom. The van der Waals surface area contributed by atoms with E-state index >= 15 is 0 Å². The Morgan fingerprint density at radius 3 is 2.32 bits per heavy atom. The summed E-state index contributed by atoms with van der Waals surface area (Å²) >= 11 is 0. The third kappa shape index (κ3) is 3.49. The molecule has 0 radical (unpaired) electrons. The van der Waals surface area contributed by atoms with Crippen LogP contribution in [0.3, 0.4) is 0 Å². The highest BCUT2D eigenvalue weighted by molar-refractivity contribution is 5.87. The number of rotatable bonds is 3. The predicted molar refractivity (Wildman–Crippen MR) is 94.3 cm³/mol. The summed E-state index contributed by atoms with van der Waals surface area (Å²) in [7, 11) is 0. The molecule has 1 amide bonds. The van der Waals surface area contributed by atoms with E-state index in [1.54, 1.807) is 11.8 Å². The number of carbonyl (C=O) groups is 2. The van der Waals surface area contributed by atoms with E-state index in [4.69, 9.17) is 0 Å². The number of carboxylic acids is 1. The lowest BCUT2D eigenvalue weighted by Crippen LogP contribution is -2.55. The van der Waals surface area contributed by atoms with E-state index in [9.17, 15) is 19.8 Å². The minimum atomic E-state index is -1.19. The zero-order valence-corrected chi connectivity index (χ0v) is 14.6. The third-order valence-electron chi connectivity index (χ3n) is 5.72. The fourth-order valence-corrected chi connectivity index (χ4v) is 4.09. The summed E-state index contributed by atoms with van der Waals surface area (Å²) in [6.07, 6.45) is 0.424. The average Bonchev–Trinajstić information content (AvgIpc) is 2.62. The molecule has 0 bridgehead atoms. The fourth-order valence-electron chi connectivity index (χ4n) is 4.09. The Labute approximate surface area is 148 Å². The molecule has 0 aromatic heterocycles. The van der Waals surface area contributed by atoms with Gasteiger partial charge in [-0.3, -0.25) is 9.59 Å². The van der Waals surface area contributed by atoms with Crippen LogP contribution in [-0.2, 0) is 9.59 Å². The second-order valence-electron chi connectivity index (χ2n) is 7.36. The molecule has 1 aromatic rings. The highest BCUT2D eigenvalue weighted by Gasteiger charge is 2.50. The lowest BCUT2D eigenvalue weighted by molar-refractivity contribution is -0.165. The minimum absolute atomic E-state index is 0.0792. The van der Waals surface area contributed by atoms with Gasteiger partial charge < -0.3 is 20.0 Å². The van der Waals surface area contributed by atoms with Crippen molar-refractivity contribution >= 4 is 17.6 Å². The van der Waals surface area contributed by atoms with Gasteiger partial charge in [-0.1, -0.05) is 18.2 Å². The number of para-hydroxylation sites is 1. The molecule has 1 saturated carbocycles. The summed E-state index contributed by atoms with van der Waals surface area (Å²) in [6, 6.07) is 10.1. The van der Waals surface area contributed by atoms with Crippen molar-refractivity contribution in [3.05, 3.63) is 30.3 Å². The maximum absolute atomic E-state index is 13.0. The van der Waals surface area contributed by atoms with Gasteiger partial charge in [0.25, 0.3) is 0 Å². The lowest BCUT2D eigenvalue weighted by atomic mass is 9.66. The number of aliphatic hydroxyl groups is 1. The van der Waals surface area contributed by atoms with Crippen LogP contribution in [0.1, 0.15) is 26.2 Å². The van der Waals surface area contributed by atoms with Crippen LogP contribution in [0, 0.1) is 11.3 Å². The first kappa shape index (κ1) is 17.7. The number of hydrogen-bond donors (Lipinski definition) is 2. The van der Waals surface area contributed by atoms with E-state index in [1.807, 2.05) is 18.2 Å². The standard InChI is InChI=1S/C19H26N2O4/c1-19(18(24)25)13-15(22)7-8-16(19)17(23)21-11-9-20(10-12-21)14-5-3-2-4-6-14/h2-6,15-16,22H,7-13H2,1H3,(H,24,25)/t15-,16-,19+/m1/s1. The van der Waals surface area contributed by atoms with Gasteiger partial charge in [-0.15, -0.1) is 0 Å². The number of nitrogens with zero attached hydrogens (tertiary/aromatic N) is 2. The predicted octanol–water partition coefficient (Wildman–Crippen LogP) is 1.59. The molecule has 1 aliphatic heterocycles. The van der Waals surface area contributed by atoms with Crippen LogP contribution in [0.4, 0.5) is 5.69 Å². The van der Waals surface area contributed by atoms with Gasteiger partial charge in [0, 0.05) is 31.9 Å². The van der Waals surface area contributed by atoms with Crippen molar-refractivity contribution in [2.24, 2.45) is 11.3 Å². The summed E-state index contributed by atoms with van der Waals surface area (Å²) in [5, 5.41) is 19.5. The van der Waals surface area contributed by atoms with E-state index in [2.05, 4.69) is 17.0 Å². The van der Waals surface area contributed by atoms with Crippen molar-refractivity contribution in [2.45, 2.75) is 32.3 Å². The topological polar surface area (TPSA) is 81.1 Å². The molecular weight excluding hydrogens is 320 g/mol. The van der Waals surface area contributed by atoms with Crippen LogP contribution >= 0.6 is 0 Å². The zero-order valence-electron chi connectivity index (χ0n) is 14.6. The molecule has 2 aliphatic rings. The van der Waals surface area contributed by atoms with Gasteiger partial charge in [-0.25, -0.2) is 0 Å². The number of hydrogen-bond acceptors (Lipinski definition) is 4. The average molecular weight is 346 g/mol. The SMILES string of the molecule is C[C@]1(C(=O)O)C[C@H](O)CC[C@@H]1C(=O)N1CCN(c2ccccc2)CC1. The molecule has 25 heavy (non-hydrogen) atoms. The quantitative estimate of drug-likeness (QED) is 0.869. The molecule has 2 N–H and O–H groups in total. The van der Waals surface area contributed by atoms with Crippen LogP contribution in [0.5, 0.6) is 0 Å². The number of piperazine rings is 1. The number of aliphatic carboxylic acids is 1. The Hall–Kier alpha value is -2.08. The molecule has 3 rings (SSSR count). The number of anilines is 1. The molecule has 0 spiro atoms. The molecule has 1 aromatic carbocycles. The van der Waals surface area contributed by atoms with Crippen LogP contribution in [0.25, 0.3) is 0 Å². The van der Waals surface area contributed by atoms with E-state index in [0.717, 1.165) is 18.8 Å². The summed E-state index contributed by atoms with van der Waals surface area (Å²) in [6.45, 7) is 4.29. The summed E-state index contributed by atoms with van der Waals surface area (Å²) in [4.78, 5) is 28.8. The van der Waals surface area contributed by atoms with Crippen molar-refractivity contribution in [3.8, 4) is 0 Å². The van der Waals surface area contributed by atoms with Crippen LogP contribution in [0.15, 0.2) is 30.3 Å². The second kappa shape index (κ2) is 7.04. The van der Waals surface area contributed by atoms with Crippen molar-refractivity contribution in [1.29, 1.82) is 0 Å². The fraction of sp³-hybridized carbons (Fsp3) is 0.579. The van der Waals surface area contributed by atoms with Crippen molar-refractivity contribution < 1.29 is 19.8 Å². The number of carboxylic acid groups (broad SMARTS) is 1. The monoisotopic (exact) mass is 346 g/mol. The lowest BCUT2D eigenvalue weighted by Gasteiger charge is -2.43. The van der Waals surface area contributed by atoms with Gasteiger partial charge in [-0.2, -0.15) is 0 Å². The number of aliphatic hydroxyl groups excluding tert-OH is 1. The van der Waals surface area contributed by atoms with Crippen molar-refractivity contribution in [3.63, 3.8) is 0 Å². The first-order chi connectivity index (χ1) is 11.9. The molecule has 136 valence electrons. The molecule has 1 aliphatic carbocycles. The highest BCUT2D eigenvalue weighted by atomic mass is 16.4. The van der Waals surface area contributed by atoms with Gasteiger partial charge in [0.15, 0.2) is 0 Å². The first-order valence-corrected chi connectivity index (χ1v) is 8.92. The highest BCUT2D eigenvalue weighted by Crippen LogP contribution is 2.42. The molecule has 6 heteroatoms. The normalized spacial score (nSPS) is 30.2. The molecule has 3 atom stereocenters. The van der Waals surface area contributed by atoms with E-state index in [0.29, 0.717) is 25.9 Å². The van der Waals surface area contributed by atoms with Crippen LogP contribution in [-0.4, -0.2) is 59.3 Å². The second-order valence-corrected chi connectivity index (χ2v) is 7.36. The van der Waals surface area contributed by atoms with Crippen molar-refractivity contribution in [2.75, 3.05) is 31.1 Å². The third-order valence-corrected chi connectivity index (χ3v) is 5.72. The van der Waals surface area contributed by atoms with E-state index < -0.39 is 23.4 Å². The maximum Gasteiger partial charge on any atom is 0.310 e. The number of benzene rings is 1. The Balaban J connectivity index is 1.66. The van der Waals surface area contributed by atoms with Crippen LogP contribution < -0.4 is 4.90 Å². The Morgan fingerprint density at radius 1 is 1.08 bits per heavy atom. The van der Waals surface area contributed by atoms with Gasteiger partial charge in [0.2, 0.25) is 5.91 Å². The summed E-state index contributed by atoms with van der Waals surface area (Å²) in [5.41, 5.74) is -0.0449. The molecule has 6 nitrogen and oxygen atoms in total. The Bertz CT molecular complexity index is 628. The van der Waals surface area contributed by atoms with Gasteiger partial charge in [0.05, 0.1) is 17.4 Å². The van der Waals surface area contributed by atoms with Crippen molar-refractivity contribution in [1.82, 2.24) is 4.90 Å². The molecular formula is C19H26N2O4. The number of amides is 1. The molecule has 2 fully saturated rings. The molecule has 1 saturated heterocycles. The van der Waals surface area contributed by atoms with Gasteiger partial charge >= 0.3 is 5.97 Å². The van der Waals surface area contributed by atoms with Crippen LogP contribution in [0.2, 0.25) is 0 Å². The van der Waals surface area contributed by atoms with E-state index in [-0.39, 0.29) is 12.3 Å². The van der Waals surface area contributed by atoms with Gasteiger partial charge in [0.1, 0.15) is 0 Å². The molecule has 1 heterocycles. The summed E-state index contributed by atoms with van der Waals surface area (Å²) in [5.74, 6) is -1.63. The molecule has 0 unspecified atom stereocenters. The first-order valence-electron chi connectivity index (χ1n) is 8.92.